The summed E-state index contributed by atoms with van der Waals surface area (Å²) in [6.07, 6.45) is 9.44. The van der Waals surface area contributed by atoms with E-state index in [1.54, 1.807) is 7.11 Å². The van der Waals surface area contributed by atoms with Crippen molar-refractivity contribution in [2.75, 3.05) is 33.4 Å². The Balaban J connectivity index is 1.61. The van der Waals surface area contributed by atoms with Crippen LogP contribution < -0.4 is 0 Å². The lowest BCUT2D eigenvalue weighted by molar-refractivity contribution is -0.000864. The molecule has 1 aromatic rings. The number of nitrogens with zero attached hydrogens (tertiary/aromatic N) is 3. The zero-order valence-electron chi connectivity index (χ0n) is 13.2. The van der Waals surface area contributed by atoms with Crippen molar-refractivity contribution in [2.24, 2.45) is 13.0 Å². The molecule has 5 nitrogen and oxygen atoms in total. The third-order valence-corrected chi connectivity index (χ3v) is 4.61. The van der Waals surface area contributed by atoms with Gasteiger partial charge in [-0.1, -0.05) is 0 Å². The minimum atomic E-state index is 0.333. The van der Waals surface area contributed by atoms with Gasteiger partial charge in [-0.05, 0) is 37.2 Å². The Kier molecular flexibility index (Phi) is 4.93. The van der Waals surface area contributed by atoms with Gasteiger partial charge in [0.2, 0.25) is 0 Å². The van der Waals surface area contributed by atoms with E-state index in [0.717, 1.165) is 18.8 Å². The highest BCUT2D eigenvalue weighted by molar-refractivity contribution is 5.09. The first kappa shape index (κ1) is 15.0. The second-order valence-electron chi connectivity index (χ2n) is 6.42. The van der Waals surface area contributed by atoms with Crippen LogP contribution in [0.5, 0.6) is 0 Å². The molecule has 1 saturated carbocycles. The molecule has 5 heteroatoms. The molecular weight excluding hydrogens is 266 g/mol. The van der Waals surface area contributed by atoms with E-state index in [0.29, 0.717) is 25.4 Å². The van der Waals surface area contributed by atoms with Crippen molar-refractivity contribution in [1.82, 2.24) is 14.7 Å². The summed E-state index contributed by atoms with van der Waals surface area (Å²) in [5, 5.41) is 4.29. The summed E-state index contributed by atoms with van der Waals surface area (Å²) in [6, 6.07) is 0.492. The molecule has 0 bridgehead atoms. The predicted octanol–water partition coefficient (Wildman–Crippen LogP) is 1.48. The minimum absolute atomic E-state index is 0.333. The van der Waals surface area contributed by atoms with Gasteiger partial charge in [-0.2, -0.15) is 5.10 Å². The fourth-order valence-electron chi connectivity index (χ4n) is 3.30. The molecule has 2 aliphatic rings. The second-order valence-corrected chi connectivity index (χ2v) is 6.42. The molecular formula is C16H27N3O2. The van der Waals surface area contributed by atoms with Crippen molar-refractivity contribution in [2.45, 2.75) is 37.8 Å². The van der Waals surface area contributed by atoms with Crippen LogP contribution in [0, 0.1) is 5.92 Å². The van der Waals surface area contributed by atoms with E-state index in [9.17, 15) is 0 Å². The van der Waals surface area contributed by atoms with Gasteiger partial charge in [-0.25, -0.2) is 0 Å². The lowest BCUT2D eigenvalue weighted by Crippen LogP contribution is -2.39. The van der Waals surface area contributed by atoms with Crippen molar-refractivity contribution in [1.29, 1.82) is 0 Å². The highest BCUT2D eigenvalue weighted by Crippen LogP contribution is 2.33. The fourth-order valence-corrected chi connectivity index (χ4v) is 3.30. The van der Waals surface area contributed by atoms with E-state index < -0.39 is 0 Å². The van der Waals surface area contributed by atoms with Crippen molar-refractivity contribution >= 4 is 0 Å². The summed E-state index contributed by atoms with van der Waals surface area (Å²) in [4.78, 5) is 2.64. The topological polar surface area (TPSA) is 39.5 Å². The molecule has 0 aromatic carbocycles. The average Bonchev–Trinajstić information content (AvgIpc) is 3.08. The van der Waals surface area contributed by atoms with Crippen LogP contribution in [-0.2, 0) is 22.9 Å². The molecule has 1 aliphatic heterocycles. The van der Waals surface area contributed by atoms with Gasteiger partial charge in [0.1, 0.15) is 0 Å². The molecule has 1 saturated heterocycles. The molecule has 0 radical (unpaired) electrons. The van der Waals surface area contributed by atoms with Gasteiger partial charge >= 0.3 is 0 Å². The number of ether oxygens (including phenoxy) is 2. The maximum Gasteiger partial charge on any atom is 0.0746 e. The number of hydrogen-bond donors (Lipinski definition) is 0. The number of likely N-dealkylation sites (tertiary alicyclic amines) is 1. The zero-order valence-corrected chi connectivity index (χ0v) is 13.2. The zero-order chi connectivity index (χ0) is 14.7. The number of aromatic nitrogens is 2. The van der Waals surface area contributed by atoms with Crippen molar-refractivity contribution in [3.05, 3.63) is 18.0 Å². The number of rotatable bonds is 8. The average molecular weight is 293 g/mol. The van der Waals surface area contributed by atoms with Gasteiger partial charge < -0.3 is 9.47 Å². The SMILES string of the molecule is COCCO[C@@H]1CCN(CC2CC2)[C@H]1Cc1cnn(C)c1. The summed E-state index contributed by atoms with van der Waals surface area (Å²) in [6.45, 7) is 3.79. The molecule has 3 rings (SSSR count). The highest BCUT2D eigenvalue weighted by Gasteiger charge is 2.37. The van der Waals surface area contributed by atoms with Crippen molar-refractivity contribution in [3.8, 4) is 0 Å². The maximum atomic E-state index is 6.07. The molecule has 21 heavy (non-hydrogen) atoms. The van der Waals surface area contributed by atoms with E-state index in [4.69, 9.17) is 9.47 Å². The van der Waals surface area contributed by atoms with Gasteiger partial charge in [0.05, 0.1) is 25.5 Å². The van der Waals surface area contributed by atoms with Crippen LogP contribution in [0.15, 0.2) is 12.4 Å². The first-order valence-corrected chi connectivity index (χ1v) is 8.08. The van der Waals surface area contributed by atoms with Crippen molar-refractivity contribution in [3.63, 3.8) is 0 Å². The Morgan fingerprint density at radius 1 is 1.29 bits per heavy atom. The fraction of sp³-hybridized carbons (Fsp3) is 0.812. The molecule has 2 atom stereocenters. The van der Waals surface area contributed by atoms with Gasteiger partial charge in [0.25, 0.3) is 0 Å². The molecule has 0 unspecified atom stereocenters. The Bertz CT molecular complexity index is 444. The summed E-state index contributed by atoms with van der Waals surface area (Å²) in [5.41, 5.74) is 1.31. The van der Waals surface area contributed by atoms with Crippen LogP contribution in [-0.4, -0.2) is 60.2 Å². The molecule has 1 aliphatic carbocycles. The number of methoxy groups -OCH3 is 1. The molecule has 0 N–H and O–H groups in total. The lowest BCUT2D eigenvalue weighted by atomic mass is 10.0. The van der Waals surface area contributed by atoms with Gasteiger partial charge in [-0.3, -0.25) is 9.58 Å². The van der Waals surface area contributed by atoms with Crippen molar-refractivity contribution < 1.29 is 9.47 Å². The van der Waals surface area contributed by atoms with Crippen LogP contribution in [0.2, 0.25) is 0 Å². The Labute approximate surface area is 127 Å². The quantitative estimate of drug-likeness (QED) is 0.681. The Morgan fingerprint density at radius 3 is 2.81 bits per heavy atom. The molecule has 0 amide bonds. The van der Waals surface area contributed by atoms with Gasteiger partial charge in [0, 0.05) is 39.5 Å². The summed E-state index contributed by atoms with van der Waals surface area (Å²) >= 11 is 0. The molecule has 118 valence electrons. The summed E-state index contributed by atoms with van der Waals surface area (Å²) in [5.74, 6) is 0.930. The Hall–Kier alpha value is -0.910. The Morgan fingerprint density at radius 2 is 2.14 bits per heavy atom. The van der Waals surface area contributed by atoms with Crippen LogP contribution in [0.3, 0.4) is 0 Å². The standard InChI is InChI=1S/C16H27N3O2/c1-18-11-14(10-17-18)9-15-16(21-8-7-20-2)5-6-19(15)12-13-3-4-13/h10-11,13,15-16H,3-9,12H2,1-2H3/t15-,16+/m0/s1. The number of hydrogen-bond acceptors (Lipinski definition) is 4. The van der Waals surface area contributed by atoms with E-state index in [1.165, 1.54) is 31.5 Å². The van der Waals surface area contributed by atoms with E-state index >= 15 is 0 Å². The van der Waals surface area contributed by atoms with Gasteiger partial charge in [0.15, 0.2) is 0 Å². The molecule has 1 aromatic heterocycles. The monoisotopic (exact) mass is 293 g/mol. The van der Waals surface area contributed by atoms with Gasteiger partial charge in [-0.15, -0.1) is 0 Å². The highest BCUT2D eigenvalue weighted by atomic mass is 16.5. The number of aryl methyl sites for hydroxylation is 1. The molecule has 2 fully saturated rings. The maximum absolute atomic E-state index is 6.07. The summed E-state index contributed by atoms with van der Waals surface area (Å²) in [7, 11) is 3.71. The molecule has 0 spiro atoms. The normalized spacial score (nSPS) is 26.6. The van der Waals surface area contributed by atoms with E-state index in [1.807, 2.05) is 17.9 Å². The van der Waals surface area contributed by atoms with Crippen LogP contribution >= 0.6 is 0 Å². The van der Waals surface area contributed by atoms with Crippen LogP contribution in [0.4, 0.5) is 0 Å². The first-order valence-electron chi connectivity index (χ1n) is 8.08. The molecule has 2 heterocycles. The summed E-state index contributed by atoms with van der Waals surface area (Å²) < 4.78 is 13.1. The second kappa shape index (κ2) is 6.90. The first-order chi connectivity index (χ1) is 10.3. The third-order valence-electron chi connectivity index (χ3n) is 4.61. The largest absolute Gasteiger partial charge is 0.382 e. The lowest BCUT2D eigenvalue weighted by Gasteiger charge is -2.28. The van der Waals surface area contributed by atoms with E-state index in [2.05, 4.69) is 16.2 Å². The van der Waals surface area contributed by atoms with Crippen LogP contribution in [0.1, 0.15) is 24.8 Å². The smallest absolute Gasteiger partial charge is 0.0746 e. The third kappa shape index (κ3) is 4.05. The van der Waals surface area contributed by atoms with E-state index in [-0.39, 0.29) is 0 Å². The predicted molar refractivity (Wildman–Crippen MR) is 81.2 cm³/mol. The minimum Gasteiger partial charge on any atom is -0.382 e. The van der Waals surface area contributed by atoms with Crippen LogP contribution in [0.25, 0.3) is 0 Å².